The Morgan fingerprint density at radius 3 is 3.00 bits per heavy atom. The summed E-state index contributed by atoms with van der Waals surface area (Å²) < 4.78 is 0. The molecule has 0 spiro atoms. The number of aryl methyl sites for hydroxylation is 1. The van der Waals surface area contributed by atoms with E-state index in [1.54, 1.807) is 0 Å². The second kappa shape index (κ2) is 4.51. The normalized spacial score (nSPS) is 9.69. The first kappa shape index (κ1) is 9.60. The maximum Gasteiger partial charge on any atom is 0.234 e. The minimum absolute atomic E-state index is 0.00403. The van der Waals surface area contributed by atoms with E-state index in [0.29, 0.717) is 6.54 Å². The van der Waals surface area contributed by atoms with Gasteiger partial charge in [0.1, 0.15) is 6.33 Å². The molecule has 1 rings (SSSR count). The van der Waals surface area contributed by atoms with Gasteiger partial charge in [-0.15, -0.1) is 0 Å². The molecule has 0 saturated carbocycles. The van der Waals surface area contributed by atoms with Gasteiger partial charge in [0.2, 0.25) is 5.91 Å². The molecule has 13 heavy (non-hydrogen) atoms. The van der Waals surface area contributed by atoms with Crippen LogP contribution in [-0.2, 0) is 11.3 Å². The average molecular weight is 180 g/mol. The van der Waals surface area contributed by atoms with Crippen LogP contribution in [0.5, 0.6) is 0 Å². The van der Waals surface area contributed by atoms with Crippen LogP contribution in [0.1, 0.15) is 11.4 Å². The SMILES string of the molecule is Cc1cc(CNC(=O)CN)ncn1. The zero-order chi connectivity index (χ0) is 9.68. The molecule has 70 valence electrons. The van der Waals surface area contributed by atoms with Crippen LogP contribution in [0.3, 0.4) is 0 Å². The molecule has 0 aliphatic heterocycles. The molecule has 3 N–H and O–H groups in total. The van der Waals surface area contributed by atoms with Gasteiger partial charge in [-0.05, 0) is 13.0 Å². The quantitative estimate of drug-likeness (QED) is 0.648. The van der Waals surface area contributed by atoms with E-state index in [2.05, 4.69) is 15.3 Å². The molecule has 0 saturated heterocycles. The van der Waals surface area contributed by atoms with Crippen LogP contribution in [-0.4, -0.2) is 22.4 Å². The van der Waals surface area contributed by atoms with Crippen LogP contribution in [0.4, 0.5) is 0 Å². The number of nitrogens with zero attached hydrogens (tertiary/aromatic N) is 2. The van der Waals surface area contributed by atoms with Gasteiger partial charge in [-0.2, -0.15) is 0 Å². The average Bonchev–Trinajstić information content (AvgIpc) is 2.14. The number of carbonyl (C=O) groups excluding carboxylic acids is 1. The third kappa shape index (κ3) is 3.16. The van der Waals surface area contributed by atoms with E-state index in [4.69, 9.17) is 5.73 Å². The number of nitrogens with two attached hydrogens (primary N) is 1. The topological polar surface area (TPSA) is 80.9 Å². The van der Waals surface area contributed by atoms with Crippen molar-refractivity contribution in [3.05, 3.63) is 23.8 Å². The molecule has 0 atom stereocenters. The zero-order valence-electron chi connectivity index (χ0n) is 7.45. The Bertz CT molecular complexity index is 300. The second-order valence-corrected chi connectivity index (χ2v) is 2.63. The fourth-order valence-corrected chi connectivity index (χ4v) is 0.868. The molecule has 0 aromatic carbocycles. The third-order valence-electron chi connectivity index (χ3n) is 1.51. The van der Waals surface area contributed by atoms with E-state index in [9.17, 15) is 4.79 Å². The van der Waals surface area contributed by atoms with E-state index < -0.39 is 0 Å². The first-order valence-electron chi connectivity index (χ1n) is 3.96. The molecule has 5 nitrogen and oxygen atoms in total. The van der Waals surface area contributed by atoms with Crippen molar-refractivity contribution in [3.63, 3.8) is 0 Å². The van der Waals surface area contributed by atoms with Gasteiger partial charge >= 0.3 is 0 Å². The molecule has 5 heteroatoms. The maximum atomic E-state index is 10.8. The van der Waals surface area contributed by atoms with Gasteiger partial charge in [0.05, 0.1) is 18.8 Å². The zero-order valence-corrected chi connectivity index (χ0v) is 7.45. The fraction of sp³-hybridized carbons (Fsp3) is 0.375. The van der Waals surface area contributed by atoms with Crippen molar-refractivity contribution in [2.45, 2.75) is 13.5 Å². The summed E-state index contributed by atoms with van der Waals surface area (Å²) in [6.45, 7) is 2.28. The summed E-state index contributed by atoms with van der Waals surface area (Å²) in [6.07, 6.45) is 1.47. The highest BCUT2D eigenvalue weighted by atomic mass is 16.1. The molecule has 0 aliphatic rings. The first-order valence-corrected chi connectivity index (χ1v) is 3.96. The number of hydrogen-bond donors (Lipinski definition) is 2. The van der Waals surface area contributed by atoms with E-state index >= 15 is 0 Å². The monoisotopic (exact) mass is 180 g/mol. The molecule has 1 heterocycles. The molecule has 0 radical (unpaired) electrons. The van der Waals surface area contributed by atoms with Crippen molar-refractivity contribution >= 4 is 5.91 Å². The van der Waals surface area contributed by atoms with Crippen molar-refractivity contribution in [2.75, 3.05) is 6.54 Å². The predicted molar refractivity (Wildman–Crippen MR) is 47.7 cm³/mol. The molecular weight excluding hydrogens is 168 g/mol. The van der Waals surface area contributed by atoms with E-state index in [1.165, 1.54) is 6.33 Å². The molecular formula is C8H12N4O. The van der Waals surface area contributed by atoms with Crippen LogP contribution < -0.4 is 11.1 Å². The summed E-state index contributed by atoms with van der Waals surface area (Å²) in [7, 11) is 0. The van der Waals surface area contributed by atoms with Crippen molar-refractivity contribution in [1.82, 2.24) is 15.3 Å². The molecule has 1 aromatic heterocycles. The Balaban J connectivity index is 2.50. The minimum atomic E-state index is -0.184. The standard InChI is InChI=1S/C8H12N4O/c1-6-2-7(12-5-11-6)4-10-8(13)3-9/h2,5H,3-4,9H2,1H3,(H,10,13). The molecule has 0 fully saturated rings. The predicted octanol–water partition coefficient (Wildman–Crippen LogP) is -0.640. The van der Waals surface area contributed by atoms with Crippen LogP contribution in [0, 0.1) is 6.92 Å². The van der Waals surface area contributed by atoms with Crippen molar-refractivity contribution < 1.29 is 4.79 Å². The highest BCUT2D eigenvalue weighted by molar-refractivity contribution is 5.77. The number of aromatic nitrogens is 2. The van der Waals surface area contributed by atoms with Crippen LogP contribution in [0.25, 0.3) is 0 Å². The van der Waals surface area contributed by atoms with Crippen molar-refractivity contribution in [2.24, 2.45) is 5.73 Å². The Kier molecular flexibility index (Phi) is 3.33. The number of carbonyl (C=O) groups is 1. The first-order chi connectivity index (χ1) is 6.22. The summed E-state index contributed by atoms with van der Waals surface area (Å²) in [5, 5.41) is 2.62. The Morgan fingerprint density at radius 2 is 2.38 bits per heavy atom. The lowest BCUT2D eigenvalue weighted by molar-refractivity contribution is -0.119. The lowest BCUT2D eigenvalue weighted by Gasteiger charge is -2.02. The fourth-order valence-electron chi connectivity index (χ4n) is 0.868. The molecule has 0 aliphatic carbocycles. The second-order valence-electron chi connectivity index (χ2n) is 2.63. The van der Waals surface area contributed by atoms with Crippen LogP contribution >= 0.6 is 0 Å². The summed E-state index contributed by atoms with van der Waals surface area (Å²) in [5.74, 6) is -0.184. The van der Waals surface area contributed by atoms with Crippen LogP contribution in [0.2, 0.25) is 0 Å². The van der Waals surface area contributed by atoms with Gasteiger partial charge in [0.15, 0.2) is 0 Å². The maximum absolute atomic E-state index is 10.8. The third-order valence-corrected chi connectivity index (χ3v) is 1.51. The Labute approximate surface area is 76.4 Å². The van der Waals surface area contributed by atoms with Crippen molar-refractivity contribution in [1.29, 1.82) is 0 Å². The lowest BCUT2D eigenvalue weighted by Crippen LogP contribution is -2.30. The molecule has 0 bridgehead atoms. The summed E-state index contributed by atoms with van der Waals surface area (Å²) in [4.78, 5) is 18.7. The largest absolute Gasteiger partial charge is 0.349 e. The molecule has 1 aromatic rings. The number of nitrogens with one attached hydrogen (secondary N) is 1. The number of amides is 1. The Morgan fingerprint density at radius 1 is 1.62 bits per heavy atom. The van der Waals surface area contributed by atoms with Gasteiger partial charge in [0, 0.05) is 5.69 Å². The molecule has 1 amide bonds. The van der Waals surface area contributed by atoms with Gasteiger partial charge in [-0.1, -0.05) is 0 Å². The summed E-state index contributed by atoms with van der Waals surface area (Å²) in [6, 6.07) is 1.82. The van der Waals surface area contributed by atoms with E-state index in [0.717, 1.165) is 11.4 Å². The van der Waals surface area contributed by atoms with Gasteiger partial charge < -0.3 is 11.1 Å². The van der Waals surface area contributed by atoms with E-state index in [1.807, 2.05) is 13.0 Å². The summed E-state index contributed by atoms with van der Waals surface area (Å²) in [5.41, 5.74) is 6.79. The highest BCUT2D eigenvalue weighted by Gasteiger charge is 1.98. The Hall–Kier alpha value is -1.49. The lowest BCUT2D eigenvalue weighted by atomic mass is 10.3. The molecule has 0 unspecified atom stereocenters. The van der Waals surface area contributed by atoms with E-state index in [-0.39, 0.29) is 12.5 Å². The summed E-state index contributed by atoms with van der Waals surface area (Å²) >= 11 is 0. The smallest absolute Gasteiger partial charge is 0.234 e. The van der Waals surface area contributed by atoms with Gasteiger partial charge in [-0.3, -0.25) is 4.79 Å². The highest BCUT2D eigenvalue weighted by Crippen LogP contribution is 1.94. The number of rotatable bonds is 3. The van der Waals surface area contributed by atoms with Gasteiger partial charge in [0.25, 0.3) is 0 Å². The number of hydrogen-bond acceptors (Lipinski definition) is 4. The van der Waals surface area contributed by atoms with Crippen LogP contribution in [0.15, 0.2) is 12.4 Å². The van der Waals surface area contributed by atoms with Gasteiger partial charge in [-0.25, -0.2) is 9.97 Å². The van der Waals surface area contributed by atoms with Crippen molar-refractivity contribution in [3.8, 4) is 0 Å². The minimum Gasteiger partial charge on any atom is -0.349 e.